The van der Waals surface area contributed by atoms with Crippen LogP contribution >= 0.6 is 23.4 Å². The molecule has 0 spiro atoms. The first kappa shape index (κ1) is 14.4. The fourth-order valence-corrected chi connectivity index (χ4v) is 3.39. The van der Waals surface area contributed by atoms with Crippen LogP contribution in [0.2, 0.25) is 5.02 Å². The van der Waals surface area contributed by atoms with E-state index in [2.05, 4.69) is 28.9 Å². The molecule has 0 aliphatic carbocycles. The van der Waals surface area contributed by atoms with Crippen molar-refractivity contribution in [2.24, 2.45) is 0 Å². The molecule has 0 radical (unpaired) electrons. The number of nitrogens with zero attached hydrogens (tertiary/aromatic N) is 2. The molecule has 2 aromatic heterocycles. The normalized spacial score (nSPS) is 11.1. The molecule has 0 saturated carbocycles. The molecule has 0 bridgehead atoms. The van der Waals surface area contributed by atoms with Crippen LogP contribution in [-0.2, 0) is 6.54 Å². The van der Waals surface area contributed by atoms with Gasteiger partial charge in [-0.15, -0.1) is 0 Å². The van der Waals surface area contributed by atoms with Crippen LogP contribution in [0.15, 0.2) is 58.6 Å². The lowest BCUT2D eigenvalue weighted by atomic mass is 10.4. The molecule has 108 valence electrons. The third-order valence-electron chi connectivity index (χ3n) is 3.15. The molecule has 2 heterocycles. The Morgan fingerprint density at radius 1 is 1.24 bits per heavy atom. The lowest BCUT2D eigenvalue weighted by Gasteiger charge is -2.05. The molecule has 5 heteroatoms. The molecule has 0 unspecified atom stereocenters. The van der Waals surface area contributed by atoms with Gasteiger partial charge in [-0.1, -0.05) is 42.4 Å². The molecular formula is C16H16ClN3S. The van der Waals surface area contributed by atoms with Crippen molar-refractivity contribution in [3.63, 3.8) is 0 Å². The fourth-order valence-electron chi connectivity index (χ4n) is 2.15. The molecule has 3 aromatic rings. The summed E-state index contributed by atoms with van der Waals surface area (Å²) in [5.74, 6) is 0. The van der Waals surface area contributed by atoms with E-state index in [0.717, 1.165) is 33.7 Å². The van der Waals surface area contributed by atoms with E-state index in [0.29, 0.717) is 0 Å². The van der Waals surface area contributed by atoms with Crippen molar-refractivity contribution in [3.05, 3.63) is 59.4 Å². The summed E-state index contributed by atoms with van der Waals surface area (Å²) in [6, 6.07) is 13.9. The van der Waals surface area contributed by atoms with Crippen LogP contribution in [0.25, 0.3) is 5.65 Å². The first-order valence-corrected chi connectivity index (χ1v) is 8.07. The molecule has 0 fully saturated rings. The number of pyridine rings is 1. The minimum Gasteiger partial charge on any atom is -0.311 e. The van der Waals surface area contributed by atoms with Crippen LogP contribution in [0.1, 0.15) is 12.6 Å². The molecule has 0 aliphatic heterocycles. The monoisotopic (exact) mass is 317 g/mol. The van der Waals surface area contributed by atoms with E-state index in [1.54, 1.807) is 11.8 Å². The average Bonchev–Trinajstić information content (AvgIpc) is 2.82. The number of benzene rings is 1. The fraction of sp³-hybridized carbons (Fsp3) is 0.188. The van der Waals surface area contributed by atoms with Crippen LogP contribution in [-0.4, -0.2) is 15.9 Å². The molecule has 0 aliphatic rings. The van der Waals surface area contributed by atoms with Crippen molar-refractivity contribution in [1.29, 1.82) is 0 Å². The van der Waals surface area contributed by atoms with Gasteiger partial charge in [-0.25, -0.2) is 4.98 Å². The predicted molar refractivity (Wildman–Crippen MR) is 88.1 cm³/mol. The summed E-state index contributed by atoms with van der Waals surface area (Å²) in [5.41, 5.74) is 2.15. The van der Waals surface area contributed by atoms with Crippen molar-refractivity contribution in [3.8, 4) is 0 Å². The summed E-state index contributed by atoms with van der Waals surface area (Å²) < 4.78 is 2.13. The highest BCUT2D eigenvalue weighted by atomic mass is 35.5. The molecular weight excluding hydrogens is 302 g/mol. The maximum atomic E-state index is 6.06. The van der Waals surface area contributed by atoms with Crippen molar-refractivity contribution in [1.82, 2.24) is 14.7 Å². The Morgan fingerprint density at radius 2 is 2.14 bits per heavy atom. The van der Waals surface area contributed by atoms with Crippen LogP contribution < -0.4 is 5.32 Å². The van der Waals surface area contributed by atoms with E-state index in [1.807, 2.05) is 36.4 Å². The Labute approximate surface area is 133 Å². The number of fused-ring (bicyclic) bond motifs is 1. The minimum absolute atomic E-state index is 0.747. The molecule has 21 heavy (non-hydrogen) atoms. The Balaban J connectivity index is 2.00. The number of rotatable bonds is 5. The van der Waals surface area contributed by atoms with Gasteiger partial charge in [0.2, 0.25) is 0 Å². The van der Waals surface area contributed by atoms with E-state index < -0.39 is 0 Å². The van der Waals surface area contributed by atoms with Crippen molar-refractivity contribution < 1.29 is 0 Å². The smallest absolute Gasteiger partial charge is 0.138 e. The molecule has 3 rings (SSSR count). The van der Waals surface area contributed by atoms with Gasteiger partial charge in [0.25, 0.3) is 0 Å². The van der Waals surface area contributed by atoms with E-state index in [1.165, 1.54) is 5.69 Å². The summed E-state index contributed by atoms with van der Waals surface area (Å²) in [6.45, 7) is 3.83. The Morgan fingerprint density at radius 3 is 2.95 bits per heavy atom. The van der Waals surface area contributed by atoms with Gasteiger partial charge >= 0.3 is 0 Å². The Bertz CT molecular complexity index is 754. The van der Waals surface area contributed by atoms with E-state index in [-0.39, 0.29) is 0 Å². The van der Waals surface area contributed by atoms with Gasteiger partial charge in [-0.3, -0.25) is 0 Å². The van der Waals surface area contributed by atoms with Crippen molar-refractivity contribution in [2.45, 2.75) is 23.4 Å². The number of aromatic nitrogens is 2. The zero-order chi connectivity index (χ0) is 14.7. The van der Waals surface area contributed by atoms with Gasteiger partial charge in [-0.2, -0.15) is 0 Å². The summed E-state index contributed by atoms with van der Waals surface area (Å²) in [5, 5.41) is 5.15. The van der Waals surface area contributed by atoms with E-state index in [9.17, 15) is 0 Å². The van der Waals surface area contributed by atoms with Gasteiger partial charge < -0.3 is 9.72 Å². The zero-order valence-corrected chi connectivity index (χ0v) is 13.3. The number of imidazole rings is 1. The summed E-state index contributed by atoms with van der Waals surface area (Å²) in [7, 11) is 0. The number of halogens is 1. The van der Waals surface area contributed by atoms with E-state index >= 15 is 0 Å². The molecule has 0 atom stereocenters. The standard InChI is InChI=1S/C16H16ClN3S/c1-2-18-11-14-16(19-15-8-3-4-9-20(14)15)21-13-7-5-6-12(17)10-13/h3-10,18H,2,11H2,1H3. The third kappa shape index (κ3) is 3.23. The highest BCUT2D eigenvalue weighted by molar-refractivity contribution is 7.99. The minimum atomic E-state index is 0.747. The molecule has 3 nitrogen and oxygen atoms in total. The third-order valence-corrected chi connectivity index (χ3v) is 4.39. The van der Waals surface area contributed by atoms with Crippen LogP contribution in [0, 0.1) is 0 Å². The zero-order valence-electron chi connectivity index (χ0n) is 11.7. The predicted octanol–water partition coefficient (Wildman–Crippen LogP) is 4.25. The second kappa shape index (κ2) is 6.52. The van der Waals surface area contributed by atoms with E-state index in [4.69, 9.17) is 16.6 Å². The first-order valence-electron chi connectivity index (χ1n) is 6.88. The Kier molecular flexibility index (Phi) is 4.48. The van der Waals surface area contributed by atoms with Crippen LogP contribution in [0.4, 0.5) is 0 Å². The number of hydrogen-bond donors (Lipinski definition) is 1. The number of nitrogens with one attached hydrogen (secondary N) is 1. The van der Waals surface area contributed by atoms with Crippen molar-refractivity contribution >= 4 is 29.0 Å². The second-order valence-corrected chi connectivity index (χ2v) is 6.13. The number of hydrogen-bond acceptors (Lipinski definition) is 3. The van der Waals surface area contributed by atoms with Gasteiger partial charge in [0.05, 0.1) is 5.69 Å². The molecule has 0 amide bonds. The topological polar surface area (TPSA) is 29.3 Å². The van der Waals surface area contributed by atoms with Gasteiger partial charge in [0, 0.05) is 22.7 Å². The highest BCUT2D eigenvalue weighted by Crippen LogP contribution is 2.31. The maximum absolute atomic E-state index is 6.06. The maximum Gasteiger partial charge on any atom is 0.138 e. The van der Waals surface area contributed by atoms with Gasteiger partial charge in [0.15, 0.2) is 0 Å². The van der Waals surface area contributed by atoms with Gasteiger partial charge in [0.1, 0.15) is 10.7 Å². The molecule has 1 N–H and O–H groups in total. The van der Waals surface area contributed by atoms with Gasteiger partial charge in [-0.05, 0) is 36.9 Å². The quantitative estimate of drug-likeness (QED) is 0.763. The van der Waals surface area contributed by atoms with Crippen LogP contribution in [0.3, 0.4) is 0 Å². The Hall–Kier alpha value is -1.49. The van der Waals surface area contributed by atoms with Crippen LogP contribution in [0.5, 0.6) is 0 Å². The molecule has 0 saturated heterocycles. The lowest BCUT2D eigenvalue weighted by molar-refractivity contribution is 0.694. The SMILES string of the molecule is CCNCc1c(Sc2cccc(Cl)c2)nc2ccccn12. The van der Waals surface area contributed by atoms with Crippen molar-refractivity contribution in [2.75, 3.05) is 6.54 Å². The highest BCUT2D eigenvalue weighted by Gasteiger charge is 2.12. The largest absolute Gasteiger partial charge is 0.311 e. The second-order valence-electron chi connectivity index (χ2n) is 4.63. The average molecular weight is 318 g/mol. The summed E-state index contributed by atoms with van der Waals surface area (Å²) in [6.07, 6.45) is 2.05. The summed E-state index contributed by atoms with van der Waals surface area (Å²) >= 11 is 7.71. The first-order chi connectivity index (χ1) is 10.3. The lowest BCUT2D eigenvalue weighted by Crippen LogP contribution is -2.13. The summed E-state index contributed by atoms with van der Waals surface area (Å²) in [4.78, 5) is 5.83. The molecule has 1 aromatic carbocycles.